The molecule has 0 spiro atoms. The number of ketones is 3. The molecule has 3 aromatic rings. The van der Waals surface area contributed by atoms with Crippen LogP contribution < -0.4 is 21.7 Å². The van der Waals surface area contributed by atoms with Crippen LogP contribution in [0, 0.1) is 41.4 Å². The Balaban J connectivity index is 0.000000449. The number of amides is 8. The van der Waals surface area contributed by atoms with Crippen molar-refractivity contribution in [2.24, 2.45) is 47.2 Å². The van der Waals surface area contributed by atoms with Crippen LogP contribution in [0.2, 0.25) is 0 Å². The maximum atomic E-state index is 14.3. The van der Waals surface area contributed by atoms with Crippen molar-refractivity contribution in [1.29, 1.82) is 0 Å². The molecule has 24 heteroatoms. The molecule has 0 aliphatic carbocycles. The monoisotopic (exact) mass is 1470 g/mol. The van der Waals surface area contributed by atoms with E-state index in [4.69, 9.17) is 24.7 Å². The SMILES string of the molecule is CC[C@H](C)[C@@H]([C@@H](CC(=O)N1CCC[C@H]1[C@H](OC)[C@@H](C)C(=O)N[C@@H](Cc1ccccc1)C(=O)OC)OC)N(C)C(=O)[C@@H](CC(=O)[C@H](C(C)C)N(C)C)C(C)C.CCc1cccc(CC(=O)OCc2ccc(CC(=O)[C@H](CCCNC(N)=O)NC(=O)[C@@H](CC(=O)CCCCCN3C(=O)C=CC3=O)C(C)C)cc2)c1. The number of hydrogen-bond donors (Lipinski definition) is 4. The van der Waals surface area contributed by atoms with Crippen molar-refractivity contribution in [3.8, 4) is 0 Å². The molecule has 1 fully saturated rings. The standard InChI is InChI=1S/C42H70N4O8.C40H52N4O8/c1-14-28(6)38(45(10)41(50)31(26(2)3)24-34(47)37(27(4)5)44(8)9)35(52-11)25-36(48)46-22-18-21-33(46)39(53-12)29(7)40(49)43-32(42(51)54-13)23-30-19-16-15-17-20-30;1-4-28-10-8-11-31(22-28)24-38(49)52-26-30-16-14-29(15-17-30)23-35(46)34(13-9-20-42-40(41)51)43-39(50)33(27(2)3)25-32(45)12-6-5-7-21-44-36(47)18-19-37(44)48/h15-17,19-20,26-29,31-33,35,37-39H,14,18,21-25H2,1-13H3,(H,43,49);8,10-11,14-19,22,27,33-34H,4-7,9,12-13,20-21,23-26H2,1-3H3,(H,43,50)(H3,41,42,51)/t28-,29+,31-,32-,33-,35+,37-,38-,39+;33-,34-/m00/s1. The number of aryl methyl sites for hydroxylation is 1. The molecule has 11 atom stereocenters. The van der Waals surface area contributed by atoms with Crippen molar-refractivity contribution in [3.05, 3.63) is 119 Å². The zero-order chi connectivity index (χ0) is 78.9. The van der Waals surface area contributed by atoms with Gasteiger partial charge >= 0.3 is 18.0 Å². The first-order valence-electron chi connectivity index (χ1n) is 37.8. The molecule has 0 aromatic heterocycles. The van der Waals surface area contributed by atoms with Crippen molar-refractivity contribution in [2.45, 2.75) is 221 Å². The van der Waals surface area contributed by atoms with Crippen LogP contribution in [0.1, 0.15) is 174 Å². The van der Waals surface area contributed by atoms with Gasteiger partial charge in [0.15, 0.2) is 11.6 Å². The number of unbranched alkanes of at least 4 members (excludes halogenated alkanes) is 2. The number of rotatable bonds is 45. The van der Waals surface area contributed by atoms with Gasteiger partial charge in [0, 0.05) is 97.0 Å². The van der Waals surface area contributed by atoms with E-state index in [9.17, 15) is 57.5 Å². The number of likely N-dealkylation sites (N-methyl/N-ethyl adjacent to an activating group) is 2. The summed E-state index contributed by atoms with van der Waals surface area (Å²) in [4.78, 5) is 162. The van der Waals surface area contributed by atoms with E-state index in [1.807, 2.05) is 115 Å². The summed E-state index contributed by atoms with van der Waals surface area (Å²) >= 11 is 0. The lowest BCUT2D eigenvalue weighted by molar-refractivity contribution is -0.150. The van der Waals surface area contributed by atoms with Crippen LogP contribution in [0.4, 0.5) is 4.79 Å². The number of carbonyl (C=O) groups excluding carboxylic acids is 12. The molecule has 5 N–H and O–H groups in total. The third-order valence-corrected chi connectivity index (χ3v) is 20.5. The first-order valence-corrected chi connectivity index (χ1v) is 37.8. The van der Waals surface area contributed by atoms with Crippen LogP contribution in [0.3, 0.4) is 0 Å². The summed E-state index contributed by atoms with van der Waals surface area (Å²) in [7, 11) is 9.94. The molecule has 5 rings (SSSR count). The second-order valence-electron chi connectivity index (χ2n) is 29.6. The minimum atomic E-state index is -0.885. The number of nitrogens with zero attached hydrogens (tertiary/aromatic N) is 4. The Hall–Kier alpha value is -8.48. The highest BCUT2D eigenvalue weighted by Crippen LogP contribution is 2.32. The number of imide groups is 1. The van der Waals surface area contributed by atoms with Gasteiger partial charge in [-0.25, -0.2) is 9.59 Å². The maximum absolute atomic E-state index is 14.3. The zero-order valence-electron chi connectivity index (χ0n) is 65.8. The van der Waals surface area contributed by atoms with Gasteiger partial charge in [-0.15, -0.1) is 0 Å². The molecule has 0 unspecified atom stereocenters. The van der Waals surface area contributed by atoms with E-state index in [1.54, 1.807) is 55.1 Å². The second kappa shape index (κ2) is 45.9. The highest BCUT2D eigenvalue weighted by atomic mass is 16.5. The van der Waals surface area contributed by atoms with Crippen LogP contribution >= 0.6 is 0 Å². The summed E-state index contributed by atoms with van der Waals surface area (Å²) in [5, 5.41) is 8.24. The Bertz CT molecular complexity index is 3370. The van der Waals surface area contributed by atoms with Crippen LogP contribution in [0.5, 0.6) is 0 Å². The number of esters is 2. The highest BCUT2D eigenvalue weighted by molar-refractivity contribution is 6.12. The molecule has 1 saturated heterocycles. The predicted octanol–water partition coefficient (Wildman–Crippen LogP) is 8.92. The minimum Gasteiger partial charge on any atom is -0.467 e. The fourth-order valence-electron chi connectivity index (χ4n) is 14.2. The normalized spacial score (nSPS) is 16.4. The summed E-state index contributed by atoms with van der Waals surface area (Å²) in [5.74, 6) is -4.82. The Morgan fingerprint density at radius 3 is 1.84 bits per heavy atom. The predicted molar refractivity (Wildman–Crippen MR) is 406 cm³/mol. The number of hydrogen-bond acceptors (Lipinski definition) is 17. The lowest BCUT2D eigenvalue weighted by Gasteiger charge is -2.41. The van der Waals surface area contributed by atoms with Gasteiger partial charge in [0.25, 0.3) is 11.8 Å². The largest absolute Gasteiger partial charge is 0.467 e. The van der Waals surface area contributed by atoms with Gasteiger partial charge in [0.2, 0.25) is 23.6 Å². The summed E-state index contributed by atoms with van der Waals surface area (Å²) in [5.41, 5.74) is 9.60. The lowest BCUT2D eigenvalue weighted by atomic mass is 9.83. The van der Waals surface area contributed by atoms with E-state index in [1.165, 1.54) is 31.3 Å². The fraction of sp³-hybridized carbons (Fsp3) is 0.610. The topological polar surface area (TPSA) is 317 Å². The van der Waals surface area contributed by atoms with Gasteiger partial charge in [-0.3, -0.25) is 57.7 Å². The quantitative estimate of drug-likeness (QED) is 0.0233. The summed E-state index contributed by atoms with van der Waals surface area (Å²) < 4.78 is 22.4. The van der Waals surface area contributed by atoms with Gasteiger partial charge in [0.05, 0.1) is 62.2 Å². The number of nitrogens with two attached hydrogens (primary N) is 1. The number of likely N-dealkylation sites (tertiary alicyclic amines) is 1. The summed E-state index contributed by atoms with van der Waals surface area (Å²) in [6.45, 7) is 20.7. The van der Waals surface area contributed by atoms with E-state index < -0.39 is 60.1 Å². The number of nitrogens with one attached hydrogen (secondary N) is 3. The number of Topliss-reactive ketones (excluding diaryl/α,β-unsaturated/α-hetero) is 3. The Labute approximate surface area is 629 Å². The van der Waals surface area contributed by atoms with Crippen LogP contribution in [-0.2, 0) is 104 Å². The maximum Gasteiger partial charge on any atom is 0.328 e. The van der Waals surface area contributed by atoms with E-state index in [0.29, 0.717) is 45.2 Å². The van der Waals surface area contributed by atoms with Crippen LogP contribution in [0.25, 0.3) is 0 Å². The Kier molecular flexibility index (Phi) is 38.9. The number of primary amides is 1. The first-order chi connectivity index (χ1) is 50.3. The highest BCUT2D eigenvalue weighted by Gasteiger charge is 2.44. The molecule has 0 saturated carbocycles. The van der Waals surface area contributed by atoms with E-state index in [0.717, 1.165) is 47.1 Å². The zero-order valence-corrected chi connectivity index (χ0v) is 65.8. The van der Waals surface area contributed by atoms with Crippen molar-refractivity contribution < 1.29 is 76.5 Å². The molecule has 0 radical (unpaired) electrons. The van der Waals surface area contributed by atoms with Gasteiger partial charge in [0.1, 0.15) is 18.4 Å². The fourth-order valence-corrected chi connectivity index (χ4v) is 14.2. The average molecular weight is 1480 g/mol. The molecule has 2 aliphatic heterocycles. The molecule has 2 heterocycles. The average Bonchev–Trinajstić information content (AvgIpc) is 1.26. The van der Waals surface area contributed by atoms with Crippen molar-refractivity contribution >= 4 is 70.8 Å². The number of ether oxygens (including phenoxy) is 4. The van der Waals surface area contributed by atoms with Gasteiger partial charge in [-0.1, -0.05) is 161 Å². The van der Waals surface area contributed by atoms with Crippen LogP contribution in [0.15, 0.2) is 91.0 Å². The van der Waals surface area contributed by atoms with Gasteiger partial charge in [-0.05, 0) is 111 Å². The molecular weight excluding hydrogens is 1350 g/mol. The molecular formula is C82H122N8O16. The van der Waals surface area contributed by atoms with Crippen molar-refractivity contribution in [2.75, 3.05) is 62.1 Å². The summed E-state index contributed by atoms with van der Waals surface area (Å²) in [6, 6.07) is 20.9. The molecule has 586 valence electrons. The number of carbonyl (C=O) groups is 12. The molecule has 24 nitrogen and oxygen atoms in total. The Morgan fingerprint density at radius 2 is 1.26 bits per heavy atom. The smallest absolute Gasteiger partial charge is 0.328 e. The van der Waals surface area contributed by atoms with E-state index in [-0.39, 0.29) is 159 Å². The lowest BCUT2D eigenvalue weighted by Crippen LogP contribution is -2.55. The van der Waals surface area contributed by atoms with Gasteiger partial charge < -0.3 is 50.4 Å². The summed E-state index contributed by atoms with van der Waals surface area (Å²) in [6.07, 6.45) is 7.65. The molecule has 2 aliphatic rings. The third kappa shape index (κ3) is 28.7. The molecule has 106 heavy (non-hydrogen) atoms. The van der Waals surface area contributed by atoms with E-state index >= 15 is 0 Å². The first kappa shape index (κ1) is 89.9. The van der Waals surface area contributed by atoms with Gasteiger partial charge in [-0.2, -0.15) is 0 Å². The van der Waals surface area contributed by atoms with E-state index in [2.05, 4.69) is 36.7 Å². The van der Waals surface area contributed by atoms with Crippen LogP contribution in [-0.4, -0.2) is 195 Å². The number of urea groups is 1. The molecule has 0 bridgehead atoms. The second-order valence-corrected chi connectivity index (χ2v) is 29.6. The molecule has 8 amide bonds. The van der Waals surface area contributed by atoms with Crippen molar-refractivity contribution in [3.63, 3.8) is 0 Å². The molecule has 3 aromatic carbocycles. The minimum absolute atomic E-state index is 0.00568. The Morgan fingerprint density at radius 1 is 0.642 bits per heavy atom. The number of methoxy groups -OCH3 is 3. The third-order valence-electron chi connectivity index (χ3n) is 20.5. The van der Waals surface area contributed by atoms with Crippen molar-refractivity contribution in [1.82, 2.24) is 35.6 Å². The number of benzene rings is 3.